The summed E-state index contributed by atoms with van der Waals surface area (Å²) in [7, 11) is 0. The Morgan fingerprint density at radius 1 is 1.30 bits per heavy atom. The SMILES string of the molecule is O=C(NCc1ccc(F)cc1F)N[C@H](CCO)C(=O)O. The van der Waals surface area contributed by atoms with Crippen LogP contribution in [0.2, 0.25) is 0 Å². The molecule has 1 aromatic carbocycles. The number of halogens is 2. The van der Waals surface area contributed by atoms with Crippen molar-refractivity contribution in [2.45, 2.75) is 19.0 Å². The highest BCUT2D eigenvalue weighted by molar-refractivity contribution is 5.82. The van der Waals surface area contributed by atoms with Crippen LogP contribution in [0.3, 0.4) is 0 Å². The molecule has 0 fully saturated rings. The first-order chi connectivity index (χ1) is 9.43. The Balaban J connectivity index is 2.52. The monoisotopic (exact) mass is 288 g/mol. The Morgan fingerprint density at radius 3 is 2.55 bits per heavy atom. The van der Waals surface area contributed by atoms with Gasteiger partial charge in [-0.2, -0.15) is 0 Å². The van der Waals surface area contributed by atoms with Crippen molar-refractivity contribution in [3.8, 4) is 0 Å². The van der Waals surface area contributed by atoms with E-state index >= 15 is 0 Å². The summed E-state index contributed by atoms with van der Waals surface area (Å²) in [6, 6.07) is 0.838. The third-order valence-corrected chi connectivity index (χ3v) is 2.48. The highest BCUT2D eigenvalue weighted by atomic mass is 19.1. The number of rotatable bonds is 6. The summed E-state index contributed by atoms with van der Waals surface area (Å²) in [5, 5.41) is 21.8. The number of nitrogens with one attached hydrogen (secondary N) is 2. The Morgan fingerprint density at radius 2 is 2.00 bits per heavy atom. The molecule has 0 aromatic heterocycles. The molecule has 1 rings (SSSR count). The second-order valence-electron chi connectivity index (χ2n) is 3.97. The molecule has 0 radical (unpaired) electrons. The predicted molar refractivity (Wildman–Crippen MR) is 64.9 cm³/mol. The summed E-state index contributed by atoms with van der Waals surface area (Å²) in [6.45, 7) is -0.618. The lowest BCUT2D eigenvalue weighted by Crippen LogP contribution is -2.46. The van der Waals surface area contributed by atoms with E-state index in [0.717, 1.165) is 6.07 Å². The van der Waals surface area contributed by atoms with Crippen molar-refractivity contribution >= 4 is 12.0 Å². The predicted octanol–water partition coefficient (Wildman–Crippen LogP) is 0.600. The van der Waals surface area contributed by atoms with E-state index in [2.05, 4.69) is 10.6 Å². The van der Waals surface area contributed by atoms with Crippen LogP contribution in [0, 0.1) is 11.6 Å². The lowest BCUT2D eigenvalue weighted by molar-refractivity contribution is -0.139. The maximum Gasteiger partial charge on any atom is 0.326 e. The summed E-state index contributed by atoms with van der Waals surface area (Å²) in [5.74, 6) is -2.83. The third-order valence-electron chi connectivity index (χ3n) is 2.48. The summed E-state index contributed by atoms with van der Waals surface area (Å²) in [6.07, 6.45) is -0.145. The smallest absolute Gasteiger partial charge is 0.326 e. The average molecular weight is 288 g/mol. The Bertz CT molecular complexity index is 496. The molecule has 8 heteroatoms. The van der Waals surface area contributed by atoms with Gasteiger partial charge in [0.1, 0.15) is 17.7 Å². The molecule has 0 saturated carbocycles. The van der Waals surface area contributed by atoms with Crippen molar-refractivity contribution in [1.82, 2.24) is 10.6 Å². The number of hydrogen-bond acceptors (Lipinski definition) is 3. The van der Waals surface area contributed by atoms with Crippen LogP contribution < -0.4 is 10.6 Å². The zero-order valence-electron chi connectivity index (χ0n) is 10.4. The minimum absolute atomic E-state index is 0.0654. The number of aliphatic hydroxyl groups is 1. The van der Waals surface area contributed by atoms with Gasteiger partial charge in [-0.05, 0) is 6.07 Å². The molecular formula is C12H14F2N2O4. The molecule has 110 valence electrons. The lowest BCUT2D eigenvalue weighted by Gasteiger charge is -2.14. The highest BCUT2D eigenvalue weighted by Gasteiger charge is 2.19. The molecule has 0 saturated heterocycles. The zero-order valence-corrected chi connectivity index (χ0v) is 10.4. The standard InChI is InChI=1S/C12H14F2N2O4/c13-8-2-1-7(9(14)5-8)6-15-12(20)16-10(3-4-17)11(18)19/h1-2,5,10,17H,3-4,6H2,(H,18,19)(H2,15,16,20)/t10-/m1/s1. The van der Waals surface area contributed by atoms with E-state index in [1.54, 1.807) is 0 Å². The van der Waals surface area contributed by atoms with Crippen LogP contribution in [0.25, 0.3) is 0 Å². The van der Waals surface area contributed by atoms with Crippen LogP contribution in [-0.4, -0.2) is 34.9 Å². The third kappa shape index (κ3) is 4.81. The fraction of sp³-hybridized carbons (Fsp3) is 0.333. The van der Waals surface area contributed by atoms with Crippen molar-refractivity contribution in [2.75, 3.05) is 6.61 Å². The first-order valence-corrected chi connectivity index (χ1v) is 5.76. The number of benzene rings is 1. The normalized spacial score (nSPS) is 11.8. The molecule has 0 aliphatic heterocycles. The lowest BCUT2D eigenvalue weighted by atomic mass is 10.2. The average Bonchev–Trinajstić information content (AvgIpc) is 2.37. The van der Waals surface area contributed by atoms with Crippen molar-refractivity contribution in [2.24, 2.45) is 0 Å². The Hall–Kier alpha value is -2.22. The van der Waals surface area contributed by atoms with Gasteiger partial charge < -0.3 is 20.8 Å². The van der Waals surface area contributed by atoms with Crippen LogP contribution in [0.5, 0.6) is 0 Å². The fourth-order valence-electron chi connectivity index (χ4n) is 1.44. The summed E-state index contributed by atoms with van der Waals surface area (Å²) in [5.41, 5.74) is 0.0654. The van der Waals surface area contributed by atoms with Gasteiger partial charge in [-0.25, -0.2) is 18.4 Å². The van der Waals surface area contributed by atoms with Crippen LogP contribution in [0.1, 0.15) is 12.0 Å². The van der Waals surface area contributed by atoms with Crippen LogP contribution >= 0.6 is 0 Å². The topological polar surface area (TPSA) is 98.7 Å². The molecule has 0 bridgehead atoms. The van der Waals surface area contributed by atoms with Crippen molar-refractivity contribution in [3.63, 3.8) is 0 Å². The number of aliphatic hydroxyl groups excluding tert-OH is 1. The first kappa shape index (κ1) is 15.8. The van der Waals surface area contributed by atoms with Gasteiger partial charge >= 0.3 is 12.0 Å². The molecule has 1 aromatic rings. The minimum atomic E-state index is -1.29. The number of aliphatic carboxylic acids is 1. The van der Waals surface area contributed by atoms with Crippen molar-refractivity contribution in [1.29, 1.82) is 0 Å². The molecule has 20 heavy (non-hydrogen) atoms. The minimum Gasteiger partial charge on any atom is -0.480 e. The van der Waals surface area contributed by atoms with E-state index in [-0.39, 0.29) is 18.5 Å². The maximum atomic E-state index is 13.3. The van der Waals surface area contributed by atoms with Gasteiger partial charge in [0, 0.05) is 31.2 Å². The van der Waals surface area contributed by atoms with E-state index in [9.17, 15) is 18.4 Å². The van der Waals surface area contributed by atoms with E-state index in [4.69, 9.17) is 10.2 Å². The Kier molecular flexibility index (Phi) is 5.85. The first-order valence-electron chi connectivity index (χ1n) is 5.76. The van der Waals surface area contributed by atoms with Crippen LogP contribution in [0.4, 0.5) is 13.6 Å². The molecule has 2 amide bonds. The van der Waals surface area contributed by atoms with Crippen molar-refractivity contribution in [3.05, 3.63) is 35.4 Å². The van der Waals surface area contributed by atoms with Crippen molar-refractivity contribution < 1.29 is 28.6 Å². The number of urea groups is 1. The van der Waals surface area contributed by atoms with E-state index < -0.39 is 36.3 Å². The molecule has 1 atom stereocenters. The zero-order chi connectivity index (χ0) is 15.1. The number of carbonyl (C=O) groups excluding carboxylic acids is 1. The molecule has 0 aliphatic rings. The quantitative estimate of drug-likeness (QED) is 0.616. The molecule has 0 unspecified atom stereocenters. The second kappa shape index (κ2) is 7.39. The largest absolute Gasteiger partial charge is 0.480 e. The summed E-state index contributed by atoms with van der Waals surface area (Å²) < 4.78 is 25.9. The number of amides is 2. The molecule has 0 spiro atoms. The number of hydrogen-bond donors (Lipinski definition) is 4. The fourth-order valence-corrected chi connectivity index (χ4v) is 1.44. The summed E-state index contributed by atoms with van der Waals surface area (Å²) in [4.78, 5) is 22.2. The highest BCUT2D eigenvalue weighted by Crippen LogP contribution is 2.08. The van der Waals surface area contributed by atoms with Gasteiger partial charge in [0.15, 0.2) is 0 Å². The van der Waals surface area contributed by atoms with Gasteiger partial charge in [-0.3, -0.25) is 0 Å². The van der Waals surface area contributed by atoms with Gasteiger partial charge in [-0.15, -0.1) is 0 Å². The van der Waals surface area contributed by atoms with Gasteiger partial charge in [0.25, 0.3) is 0 Å². The maximum absolute atomic E-state index is 13.3. The molecule has 0 heterocycles. The molecular weight excluding hydrogens is 274 g/mol. The van der Waals surface area contributed by atoms with E-state index in [1.165, 1.54) is 6.07 Å². The van der Waals surface area contributed by atoms with Crippen LogP contribution in [0.15, 0.2) is 18.2 Å². The van der Waals surface area contributed by atoms with Gasteiger partial charge in [0.2, 0.25) is 0 Å². The van der Waals surface area contributed by atoms with E-state index in [1.807, 2.05) is 0 Å². The molecule has 4 N–H and O–H groups in total. The number of carboxylic acids is 1. The van der Waals surface area contributed by atoms with Gasteiger partial charge in [-0.1, -0.05) is 6.07 Å². The number of carboxylic acid groups (broad SMARTS) is 1. The Labute approximate surface area is 113 Å². The number of carbonyl (C=O) groups is 2. The van der Waals surface area contributed by atoms with E-state index in [0.29, 0.717) is 6.07 Å². The molecule has 6 nitrogen and oxygen atoms in total. The van der Waals surface area contributed by atoms with Gasteiger partial charge in [0.05, 0.1) is 0 Å². The second-order valence-corrected chi connectivity index (χ2v) is 3.97. The molecule has 0 aliphatic carbocycles. The van der Waals surface area contributed by atoms with Crippen LogP contribution in [-0.2, 0) is 11.3 Å². The summed E-state index contributed by atoms with van der Waals surface area (Å²) >= 11 is 0.